The molecule has 0 bridgehead atoms. The maximum atomic E-state index is 14.3. The van der Waals surface area contributed by atoms with Crippen molar-refractivity contribution in [2.45, 2.75) is 51.7 Å². The fourth-order valence-electron chi connectivity index (χ4n) is 3.00. The Hall–Kier alpha value is -0.450. The summed E-state index contributed by atoms with van der Waals surface area (Å²) in [6, 6.07) is 5.65. The van der Waals surface area contributed by atoms with Gasteiger partial charge in [0, 0.05) is 18.2 Å². The number of hydrogen-bond donors (Lipinski definition) is 1. The molecule has 0 aromatic heterocycles. The van der Waals surface area contributed by atoms with Crippen LogP contribution in [-0.2, 0) is 4.74 Å². The van der Waals surface area contributed by atoms with E-state index in [0.29, 0.717) is 16.5 Å². The molecular formula is C17H25BrFNO. The molecule has 1 saturated carbocycles. The first-order valence-corrected chi connectivity index (χ1v) is 8.73. The molecule has 1 aliphatic rings. The van der Waals surface area contributed by atoms with Crippen LogP contribution in [-0.4, -0.2) is 19.3 Å². The van der Waals surface area contributed by atoms with Crippen LogP contribution in [0.1, 0.15) is 51.1 Å². The standard InChI is InChI=1S/C17H25BrFNO/c1-3-8-20-16(11-12-9-13(10-12)21-4-2)14-6-5-7-15(18)17(14)19/h5-7,12-13,16,20H,3-4,8-11H2,1-2H3. The van der Waals surface area contributed by atoms with Gasteiger partial charge < -0.3 is 10.1 Å². The predicted octanol–water partition coefficient (Wildman–Crippen LogP) is 4.83. The van der Waals surface area contributed by atoms with Crippen LogP contribution < -0.4 is 5.32 Å². The van der Waals surface area contributed by atoms with Gasteiger partial charge in [0.15, 0.2) is 0 Å². The van der Waals surface area contributed by atoms with Gasteiger partial charge in [-0.1, -0.05) is 19.1 Å². The average molecular weight is 358 g/mol. The maximum Gasteiger partial charge on any atom is 0.142 e. The summed E-state index contributed by atoms with van der Waals surface area (Å²) in [6.07, 6.45) is 4.66. The van der Waals surface area contributed by atoms with Crippen molar-refractivity contribution in [1.82, 2.24) is 5.32 Å². The molecule has 0 radical (unpaired) electrons. The normalized spacial score (nSPS) is 22.9. The average Bonchev–Trinajstić information content (AvgIpc) is 2.43. The van der Waals surface area contributed by atoms with E-state index in [9.17, 15) is 4.39 Å². The number of rotatable bonds is 8. The second-order valence-corrected chi connectivity index (χ2v) is 6.65. The van der Waals surface area contributed by atoms with Crippen molar-refractivity contribution in [3.05, 3.63) is 34.1 Å². The number of hydrogen-bond acceptors (Lipinski definition) is 2. The highest BCUT2D eigenvalue weighted by atomic mass is 79.9. The van der Waals surface area contributed by atoms with Crippen molar-refractivity contribution in [2.75, 3.05) is 13.2 Å². The van der Waals surface area contributed by atoms with Gasteiger partial charge in [0.1, 0.15) is 5.82 Å². The third-order valence-electron chi connectivity index (χ3n) is 4.16. The highest BCUT2D eigenvalue weighted by Crippen LogP contribution is 2.38. The second-order valence-electron chi connectivity index (χ2n) is 5.80. The zero-order valence-corrected chi connectivity index (χ0v) is 14.5. The highest BCUT2D eigenvalue weighted by molar-refractivity contribution is 9.10. The van der Waals surface area contributed by atoms with Crippen molar-refractivity contribution >= 4 is 15.9 Å². The maximum absolute atomic E-state index is 14.3. The van der Waals surface area contributed by atoms with Gasteiger partial charge in [-0.25, -0.2) is 4.39 Å². The molecule has 0 saturated heterocycles. The molecule has 4 heteroatoms. The van der Waals surface area contributed by atoms with E-state index < -0.39 is 0 Å². The predicted molar refractivity (Wildman–Crippen MR) is 87.9 cm³/mol. The van der Waals surface area contributed by atoms with E-state index in [-0.39, 0.29) is 11.9 Å². The van der Waals surface area contributed by atoms with Gasteiger partial charge in [-0.05, 0) is 67.1 Å². The SMILES string of the molecule is CCCNC(CC1CC(OCC)C1)c1cccc(Br)c1F. The number of halogens is 2. The lowest BCUT2D eigenvalue weighted by Gasteiger charge is -2.37. The molecule has 1 aromatic rings. The Bertz CT molecular complexity index is 448. The van der Waals surface area contributed by atoms with Gasteiger partial charge in [-0.2, -0.15) is 0 Å². The zero-order chi connectivity index (χ0) is 15.2. The monoisotopic (exact) mass is 357 g/mol. The van der Waals surface area contributed by atoms with E-state index in [1.165, 1.54) is 0 Å². The lowest BCUT2D eigenvalue weighted by molar-refractivity contribution is -0.0292. The minimum absolute atomic E-state index is 0.0926. The summed E-state index contributed by atoms with van der Waals surface area (Å²) in [6.45, 7) is 5.87. The Morgan fingerprint density at radius 1 is 1.38 bits per heavy atom. The second kappa shape index (κ2) is 8.25. The van der Waals surface area contributed by atoms with Crippen LogP contribution in [0.3, 0.4) is 0 Å². The van der Waals surface area contributed by atoms with E-state index in [0.717, 1.165) is 44.4 Å². The van der Waals surface area contributed by atoms with E-state index >= 15 is 0 Å². The first-order valence-electron chi connectivity index (χ1n) is 7.94. The van der Waals surface area contributed by atoms with Crippen molar-refractivity contribution in [3.8, 4) is 0 Å². The highest BCUT2D eigenvalue weighted by Gasteiger charge is 2.32. The quantitative estimate of drug-likeness (QED) is 0.718. The molecule has 0 aliphatic heterocycles. The molecule has 1 N–H and O–H groups in total. The van der Waals surface area contributed by atoms with Crippen molar-refractivity contribution < 1.29 is 9.13 Å². The molecule has 1 unspecified atom stereocenters. The zero-order valence-electron chi connectivity index (χ0n) is 12.9. The lowest BCUT2D eigenvalue weighted by Crippen LogP contribution is -2.35. The molecule has 0 spiro atoms. The molecule has 118 valence electrons. The topological polar surface area (TPSA) is 21.3 Å². The minimum atomic E-state index is -0.133. The first-order chi connectivity index (χ1) is 10.2. The summed E-state index contributed by atoms with van der Waals surface area (Å²) in [5, 5.41) is 3.50. The van der Waals surface area contributed by atoms with E-state index in [2.05, 4.69) is 28.2 Å². The Morgan fingerprint density at radius 3 is 2.81 bits per heavy atom. The summed E-state index contributed by atoms with van der Waals surface area (Å²) < 4.78 is 20.5. The molecule has 1 fully saturated rings. The molecule has 0 heterocycles. The van der Waals surface area contributed by atoms with Crippen LogP contribution in [0.2, 0.25) is 0 Å². The van der Waals surface area contributed by atoms with Crippen molar-refractivity contribution in [3.63, 3.8) is 0 Å². The lowest BCUT2D eigenvalue weighted by atomic mass is 9.77. The minimum Gasteiger partial charge on any atom is -0.378 e. The van der Waals surface area contributed by atoms with Gasteiger partial charge in [0.2, 0.25) is 0 Å². The Morgan fingerprint density at radius 2 is 2.14 bits per heavy atom. The van der Waals surface area contributed by atoms with Gasteiger partial charge in [-0.3, -0.25) is 0 Å². The van der Waals surface area contributed by atoms with Crippen LogP contribution in [0.15, 0.2) is 22.7 Å². The summed E-state index contributed by atoms with van der Waals surface area (Å²) in [4.78, 5) is 0. The molecule has 21 heavy (non-hydrogen) atoms. The van der Waals surface area contributed by atoms with Gasteiger partial charge in [-0.15, -0.1) is 0 Å². The van der Waals surface area contributed by atoms with Gasteiger partial charge in [0.25, 0.3) is 0 Å². The third kappa shape index (κ3) is 4.51. The van der Waals surface area contributed by atoms with E-state index in [1.54, 1.807) is 6.07 Å². The summed E-state index contributed by atoms with van der Waals surface area (Å²) >= 11 is 3.29. The Kier molecular flexibility index (Phi) is 6.65. The molecule has 2 nitrogen and oxygen atoms in total. The van der Waals surface area contributed by atoms with E-state index in [4.69, 9.17) is 4.74 Å². The summed E-state index contributed by atoms with van der Waals surface area (Å²) in [5.41, 5.74) is 0.776. The Labute approximate surface area is 135 Å². The van der Waals surface area contributed by atoms with Crippen LogP contribution in [0.5, 0.6) is 0 Å². The van der Waals surface area contributed by atoms with Crippen LogP contribution in [0.25, 0.3) is 0 Å². The molecule has 0 amide bonds. The fourth-order valence-corrected chi connectivity index (χ4v) is 3.38. The molecular weight excluding hydrogens is 333 g/mol. The van der Waals surface area contributed by atoms with E-state index in [1.807, 2.05) is 19.1 Å². The number of nitrogens with one attached hydrogen (secondary N) is 1. The fraction of sp³-hybridized carbons (Fsp3) is 0.647. The van der Waals surface area contributed by atoms with Crippen molar-refractivity contribution in [2.24, 2.45) is 5.92 Å². The number of ether oxygens (including phenoxy) is 1. The number of benzene rings is 1. The Balaban J connectivity index is 2.00. The van der Waals surface area contributed by atoms with Gasteiger partial charge in [0.05, 0.1) is 10.6 Å². The molecule has 1 aromatic carbocycles. The largest absolute Gasteiger partial charge is 0.378 e. The van der Waals surface area contributed by atoms with Crippen molar-refractivity contribution in [1.29, 1.82) is 0 Å². The van der Waals surface area contributed by atoms with Crippen LogP contribution in [0, 0.1) is 11.7 Å². The molecule has 1 aliphatic carbocycles. The van der Waals surface area contributed by atoms with Crippen LogP contribution in [0.4, 0.5) is 4.39 Å². The van der Waals surface area contributed by atoms with Crippen LogP contribution >= 0.6 is 15.9 Å². The summed E-state index contributed by atoms with van der Waals surface area (Å²) in [7, 11) is 0. The summed E-state index contributed by atoms with van der Waals surface area (Å²) in [5.74, 6) is 0.501. The molecule has 1 atom stereocenters. The third-order valence-corrected chi connectivity index (χ3v) is 4.77. The first kappa shape index (κ1) is 16.9. The van der Waals surface area contributed by atoms with Gasteiger partial charge >= 0.3 is 0 Å². The smallest absolute Gasteiger partial charge is 0.142 e. The molecule has 2 rings (SSSR count).